The highest BCUT2D eigenvalue weighted by Crippen LogP contribution is 2.50. The molecule has 0 radical (unpaired) electrons. The third-order valence-electron chi connectivity index (χ3n) is 5.28. The monoisotopic (exact) mass is 352 g/mol. The molecule has 3 aromatic rings. The van der Waals surface area contributed by atoms with Crippen molar-refractivity contribution in [2.75, 3.05) is 0 Å². The second kappa shape index (κ2) is 5.73. The van der Waals surface area contributed by atoms with Crippen LogP contribution in [0.15, 0.2) is 54.6 Å². The van der Waals surface area contributed by atoms with Gasteiger partial charge in [-0.15, -0.1) is 0 Å². The van der Waals surface area contributed by atoms with Crippen molar-refractivity contribution in [2.24, 2.45) is 0 Å². The first-order chi connectivity index (χ1) is 12.3. The number of fused-ring (bicyclic) bond motifs is 3. The highest BCUT2D eigenvalue weighted by molar-refractivity contribution is 5.81. The maximum Gasteiger partial charge on any atom is 0.416 e. The van der Waals surface area contributed by atoms with E-state index in [9.17, 15) is 13.2 Å². The zero-order valence-electron chi connectivity index (χ0n) is 14.9. The van der Waals surface area contributed by atoms with E-state index in [2.05, 4.69) is 12.1 Å². The van der Waals surface area contributed by atoms with Crippen LogP contribution >= 0.6 is 0 Å². The topological polar surface area (TPSA) is 0 Å². The Morgan fingerprint density at radius 3 is 2.00 bits per heavy atom. The van der Waals surface area contributed by atoms with E-state index >= 15 is 0 Å². The van der Waals surface area contributed by atoms with Crippen LogP contribution < -0.4 is 0 Å². The van der Waals surface area contributed by atoms with E-state index in [1.807, 2.05) is 45.0 Å². The summed E-state index contributed by atoms with van der Waals surface area (Å²) < 4.78 is 40.0. The first kappa shape index (κ1) is 16.9. The van der Waals surface area contributed by atoms with Crippen LogP contribution in [0, 0.1) is 20.8 Å². The Labute approximate surface area is 151 Å². The Kier molecular flexibility index (Phi) is 3.72. The number of halogens is 3. The molecule has 1 atom stereocenters. The van der Waals surface area contributed by atoms with Gasteiger partial charge in [-0.25, -0.2) is 0 Å². The molecule has 0 saturated heterocycles. The highest BCUT2D eigenvalue weighted by Gasteiger charge is 2.36. The quantitative estimate of drug-likeness (QED) is 0.354. The minimum Gasteiger partial charge on any atom is -0.166 e. The smallest absolute Gasteiger partial charge is 0.166 e. The van der Waals surface area contributed by atoms with E-state index in [-0.39, 0.29) is 5.92 Å². The molecule has 1 unspecified atom stereocenters. The van der Waals surface area contributed by atoms with Crippen molar-refractivity contribution in [1.29, 1.82) is 0 Å². The van der Waals surface area contributed by atoms with E-state index in [1.165, 1.54) is 17.7 Å². The summed E-state index contributed by atoms with van der Waals surface area (Å²) in [6.07, 6.45) is -4.34. The normalized spacial score (nSPS) is 15.7. The Bertz CT molecular complexity index is 989. The fourth-order valence-corrected chi connectivity index (χ4v) is 4.34. The van der Waals surface area contributed by atoms with E-state index in [4.69, 9.17) is 0 Å². The maximum absolute atomic E-state index is 13.3. The lowest BCUT2D eigenvalue weighted by molar-refractivity contribution is -0.137. The molecule has 132 valence electrons. The predicted octanol–water partition coefficient (Wildman–Crippen LogP) is 6.79. The lowest BCUT2D eigenvalue weighted by Crippen LogP contribution is -2.08. The largest absolute Gasteiger partial charge is 0.416 e. The molecule has 0 nitrogen and oxygen atoms in total. The predicted molar refractivity (Wildman–Crippen MR) is 98.5 cm³/mol. The third-order valence-corrected chi connectivity index (χ3v) is 5.28. The van der Waals surface area contributed by atoms with E-state index in [0.29, 0.717) is 0 Å². The summed E-state index contributed by atoms with van der Waals surface area (Å²) >= 11 is 0. The van der Waals surface area contributed by atoms with Gasteiger partial charge in [-0.2, -0.15) is 13.2 Å². The number of aryl methyl sites for hydroxylation is 3. The Morgan fingerprint density at radius 1 is 0.731 bits per heavy atom. The average Bonchev–Trinajstić information content (AvgIpc) is 2.88. The minimum absolute atomic E-state index is 0.163. The molecule has 1 aliphatic carbocycles. The number of benzene rings is 3. The first-order valence-electron chi connectivity index (χ1n) is 8.65. The van der Waals surface area contributed by atoms with Crippen LogP contribution in [-0.2, 0) is 6.18 Å². The van der Waals surface area contributed by atoms with Crippen LogP contribution in [0.1, 0.15) is 44.9 Å². The number of alkyl halides is 3. The molecule has 0 amide bonds. The summed E-state index contributed by atoms with van der Waals surface area (Å²) in [5.41, 5.74) is 7.68. The lowest BCUT2D eigenvalue weighted by atomic mass is 9.83. The van der Waals surface area contributed by atoms with Gasteiger partial charge in [-0.05, 0) is 71.8 Å². The van der Waals surface area contributed by atoms with Crippen LogP contribution in [0.3, 0.4) is 0 Å². The van der Waals surface area contributed by atoms with Crippen molar-refractivity contribution in [3.8, 4) is 11.1 Å². The van der Waals surface area contributed by atoms with Crippen LogP contribution in [0.2, 0.25) is 0 Å². The van der Waals surface area contributed by atoms with Crippen molar-refractivity contribution >= 4 is 0 Å². The summed E-state index contributed by atoms with van der Waals surface area (Å²) in [6.45, 7) is 6.13. The summed E-state index contributed by atoms with van der Waals surface area (Å²) in [5, 5.41) is 0. The highest BCUT2D eigenvalue weighted by atomic mass is 19.4. The summed E-state index contributed by atoms with van der Waals surface area (Å²) in [4.78, 5) is 0. The van der Waals surface area contributed by atoms with Gasteiger partial charge in [0.1, 0.15) is 0 Å². The Balaban J connectivity index is 2.02. The summed E-state index contributed by atoms with van der Waals surface area (Å²) in [7, 11) is 0. The standard InChI is InChI=1S/C23H19F3/c1-13-10-14(2)21(15(3)11-13)22-19-7-5-4-6-17(19)18-9-8-16(12-20(18)22)23(24,25)26/h4-12,22H,1-3H3. The van der Waals surface area contributed by atoms with Crippen molar-refractivity contribution < 1.29 is 13.2 Å². The molecule has 0 N–H and O–H groups in total. The van der Waals surface area contributed by atoms with Gasteiger partial charge >= 0.3 is 6.18 Å². The van der Waals surface area contributed by atoms with Crippen molar-refractivity contribution in [2.45, 2.75) is 32.9 Å². The zero-order chi connectivity index (χ0) is 18.6. The number of rotatable bonds is 1. The average molecular weight is 352 g/mol. The molecule has 26 heavy (non-hydrogen) atoms. The van der Waals surface area contributed by atoms with Crippen LogP contribution in [0.5, 0.6) is 0 Å². The summed E-state index contributed by atoms with van der Waals surface area (Å²) in [6, 6.07) is 16.3. The Hall–Kier alpha value is -2.55. The molecule has 0 fully saturated rings. The fourth-order valence-electron chi connectivity index (χ4n) is 4.34. The molecular weight excluding hydrogens is 333 g/mol. The second-order valence-corrected chi connectivity index (χ2v) is 7.13. The van der Waals surface area contributed by atoms with E-state index in [0.717, 1.165) is 38.9 Å². The molecule has 0 aliphatic heterocycles. The van der Waals surface area contributed by atoms with Crippen molar-refractivity contribution in [3.05, 3.63) is 93.5 Å². The summed E-state index contributed by atoms with van der Waals surface area (Å²) in [5.74, 6) is -0.163. The lowest BCUT2D eigenvalue weighted by Gasteiger charge is -2.21. The number of hydrogen-bond donors (Lipinski definition) is 0. The van der Waals surface area contributed by atoms with Crippen molar-refractivity contribution in [1.82, 2.24) is 0 Å². The molecule has 1 aliphatic rings. The number of hydrogen-bond acceptors (Lipinski definition) is 0. The van der Waals surface area contributed by atoms with Gasteiger partial charge in [0.15, 0.2) is 0 Å². The van der Waals surface area contributed by atoms with Crippen LogP contribution in [-0.4, -0.2) is 0 Å². The molecule has 0 heterocycles. The fraction of sp³-hybridized carbons (Fsp3) is 0.217. The maximum atomic E-state index is 13.3. The molecule has 3 heteroatoms. The van der Waals surface area contributed by atoms with Gasteiger partial charge in [0, 0.05) is 5.92 Å². The third kappa shape index (κ3) is 2.54. The molecule has 0 saturated carbocycles. The van der Waals surface area contributed by atoms with Gasteiger partial charge in [0.25, 0.3) is 0 Å². The molecule has 0 aromatic heterocycles. The molecular formula is C23H19F3. The Morgan fingerprint density at radius 2 is 1.35 bits per heavy atom. The SMILES string of the molecule is Cc1cc(C)c(C2c3ccccc3-c3ccc(C(F)(F)F)cc32)c(C)c1. The van der Waals surface area contributed by atoms with E-state index in [1.54, 1.807) is 6.07 Å². The van der Waals surface area contributed by atoms with Gasteiger partial charge in [0.05, 0.1) is 5.56 Å². The van der Waals surface area contributed by atoms with Gasteiger partial charge in [-0.3, -0.25) is 0 Å². The second-order valence-electron chi connectivity index (χ2n) is 7.13. The molecule has 3 aromatic carbocycles. The van der Waals surface area contributed by atoms with Crippen molar-refractivity contribution in [3.63, 3.8) is 0 Å². The zero-order valence-corrected chi connectivity index (χ0v) is 14.9. The van der Waals surface area contributed by atoms with Gasteiger partial charge < -0.3 is 0 Å². The van der Waals surface area contributed by atoms with Gasteiger partial charge in [-0.1, -0.05) is 48.0 Å². The minimum atomic E-state index is -4.34. The van der Waals surface area contributed by atoms with Gasteiger partial charge in [0.2, 0.25) is 0 Å². The first-order valence-corrected chi connectivity index (χ1v) is 8.65. The molecule has 0 bridgehead atoms. The molecule has 0 spiro atoms. The van der Waals surface area contributed by atoms with Crippen LogP contribution in [0.25, 0.3) is 11.1 Å². The van der Waals surface area contributed by atoms with Crippen LogP contribution in [0.4, 0.5) is 13.2 Å². The van der Waals surface area contributed by atoms with E-state index < -0.39 is 11.7 Å². The molecule has 4 rings (SSSR count).